The number of hydrogen-bond donors (Lipinski definition) is 1. The van der Waals surface area contributed by atoms with Crippen molar-refractivity contribution in [1.82, 2.24) is 24.5 Å². The Kier molecular flexibility index (Phi) is 6.82. The monoisotopic (exact) mass is 536 g/mol. The van der Waals surface area contributed by atoms with Crippen molar-refractivity contribution < 1.29 is 4.79 Å². The number of piperidine rings is 1. The summed E-state index contributed by atoms with van der Waals surface area (Å²) < 4.78 is 2.65. The van der Waals surface area contributed by atoms with Crippen LogP contribution in [0.1, 0.15) is 40.4 Å². The maximum absolute atomic E-state index is 13.2. The molecule has 9 heteroatoms. The minimum absolute atomic E-state index is 0.0823. The number of hydrogen-bond acceptors (Lipinski definition) is 6. The fourth-order valence-corrected chi connectivity index (χ4v) is 5.06. The van der Waals surface area contributed by atoms with Crippen LogP contribution in [0, 0.1) is 0 Å². The molecule has 1 atom stereocenters. The molecular formula is C25H25BrN6OS. The highest BCUT2D eigenvalue weighted by molar-refractivity contribution is 9.10. The van der Waals surface area contributed by atoms with Crippen LogP contribution in [-0.2, 0) is 6.54 Å². The highest BCUT2D eigenvalue weighted by Gasteiger charge is 2.27. The second kappa shape index (κ2) is 10.1. The van der Waals surface area contributed by atoms with Crippen molar-refractivity contribution in [2.24, 2.45) is 0 Å². The van der Waals surface area contributed by atoms with Gasteiger partial charge in [-0.3, -0.25) is 9.78 Å². The molecule has 4 heterocycles. The molecule has 0 aliphatic carbocycles. The van der Waals surface area contributed by atoms with Gasteiger partial charge in [0.25, 0.3) is 5.91 Å². The van der Waals surface area contributed by atoms with Crippen LogP contribution >= 0.6 is 27.7 Å². The molecule has 0 saturated carbocycles. The Bertz CT molecular complexity index is 1290. The van der Waals surface area contributed by atoms with Crippen LogP contribution in [0.5, 0.6) is 0 Å². The Morgan fingerprint density at radius 1 is 1.24 bits per heavy atom. The Morgan fingerprint density at radius 2 is 2.09 bits per heavy atom. The number of thioether (sulfide) groups is 1. The van der Waals surface area contributed by atoms with Crippen LogP contribution in [0.2, 0.25) is 0 Å². The zero-order valence-corrected chi connectivity index (χ0v) is 21.2. The van der Waals surface area contributed by atoms with E-state index < -0.39 is 0 Å². The number of aromatic nitrogens is 4. The Balaban J connectivity index is 1.39. The predicted molar refractivity (Wildman–Crippen MR) is 138 cm³/mol. The van der Waals surface area contributed by atoms with Gasteiger partial charge in [0.15, 0.2) is 5.65 Å². The SMILES string of the molecule is CSc1ccc(C(=O)N2CCCC(c3cc(NCc4cccnc4)n4ncc(Br)c4n3)C2)cc1. The number of carbonyl (C=O) groups excluding carboxylic acids is 1. The van der Waals surface area contributed by atoms with Crippen LogP contribution in [0.15, 0.2) is 70.4 Å². The highest BCUT2D eigenvalue weighted by Crippen LogP contribution is 2.30. The third kappa shape index (κ3) is 4.81. The van der Waals surface area contributed by atoms with Gasteiger partial charge in [-0.2, -0.15) is 9.61 Å². The highest BCUT2D eigenvalue weighted by atomic mass is 79.9. The number of likely N-dealkylation sites (tertiary alicyclic amines) is 1. The van der Waals surface area contributed by atoms with E-state index in [2.05, 4.69) is 37.4 Å². The van der Waals surface area contributed by atoms with E-state index in [4.69, 9.17) is 4.98 Å². The number of fused-ring (bicyclic) bond motifs is 1. The van der Waals surface area contributed by atoms with Crippen molar-refractivity contribution in [2.75, 3.05) is 24.7 Å². The van der Waals surface area contributed by atoms with Crippen LogP contribution in [0.3, 0.4) is 0 Å². The molecule has 1 aliphatic rings. The van der Waals surface area contributed by atoms with Crippen LogP contribution in [0.4, 0.5) is 5.82 Å². The van der Waals surface area contributed by atoms with Gasteiger partial charge in [0.05, 0.1) is 16.4 Å². The molecule has 1 fully saturated rings. The van der Waals surface area contributed by atoms with Gasteiger partial charge in [-0.1, -0.05) is 6.07 Å². The Morgan fingerprint density at radius 3 is 2.85 bits per heavy atom. The number of rotatable bonds is 6. The summed E-state index contributed by atoms with van der Waals surface area (Å²) in [6.45, 7) is 2.05. The molecule has 0 spiro atoms. The zero-order chi connectivity index (χ0) is 23.5. The summed E-state index contributed by atoms with van der Waals surface area (Å²) >= 11 is 5.26. The average Bonchev–Trinajstić information content (AvgIpc) is 3.28. The van der Waals surface area contributed by atoms with E-state index in [-0.39, 0.29) is 11.8 Å². The summed E-state index contributed by atoms with van der Waals surface area (Å²) in [6.07, 6.45) is 9.36. The molecule has 1 unspecified atom stereocenters. The lowest BCUT2D eigenvalue weighted by atomic mass is 9.94. The summed E-state index contributed by atoms with van der Waals surface area (Å²) in [7, 11) is 0. The number of pyridine rings is 1. The van der Waals surface area contributed by atoms with Gasteiger partial charge in [0, 0.05) is 54.5 Å². The molecule has 1 saturated heterocycles. The fraction of sp³-hybridized carbons (Fsp3) is 0.280. The molecule has 1 aliphatic heterocycles. The second-order valence-electron chi connectivity index (χ2n) is 8.33. The van der Waals surface area contributed by atoms with Gasteiger partial charge in [0.2, 0.25) is 0 Å². The number of carbonyl (C=O) groups is 1. The molecule has 174 valence electrons. The first kappa shape index (κ1) is 22.9. The summed E-state index contributed by atoms with van der Waals surface area (Å²) in [5, 5.41) is 7.96. The first-order chi connectivity index (χ1) is 16.6. The lowest BCUT2D eigenvalue weighted by Crippen LogP contribution is -2.39. The number of halogens is 1. The van der Waals surface area contributed by atoms with E-state index in [1.54, 1.807) is 24.2 Å². The number of benzene rings is 1. The van der Waals surface area contributed by atoms with Crippen molar-refractivity contribution in [2.45, 2.75) is 30.2 Å². The average molecular weight is 537 g/mol. The van der Waals surface area contributed by atoms with Gasteiger partial charge in [-0.05, 0) is 70.9 Å². The van der Waals surface area contributed by atoms with Gasteiger partial charge < -0.3 is 10.2 Å². The number of amides is 1. The molecule has 0 bridgehead atoms. The normalized spacial score (nSPS) is 16.1. The molecule has 4 aromatic rings. The smallest absolute Gasteiger partial charge is 0.253 e. The van der Waals surface area contributed by atoms with Crippen molar-refractivity contribution in [3.63, 3.8) is 0 Å². The van der Waals surface area contributed by atoms with E-state index in [1.165, 1.54) is 0 Å². The molecule has 1 amide bonds. The van der Waals surface area contributed by atoms with Crippen molar-refractivity contribution in [3.05, 3.63) is 82.3 Å². The lowest BCUT2D eigenvalue weighted by molar-refractivity contribution is 0.0706. The summed E-state index contributed by atoms with van der Waals surface area (Å²) in [5.41, 5.74) is 3.56. The van der Waals surface area contributed by atoms with Gasteiger partial charge in [0.1, 0.15) is 5.82 Å². The summed E-state index contributed by atoms with van der Waals surface area (Å²) in [6, 6.07) is 13.9. The third-order valence-corrected chi connectivity index (χ3v) is 7.41. The molecule has 7 nitrogen and oxygen atoms in total. The zero-order valence-electron chi connectivity index (χ0n) is 18.8. The number of anilines is 1. The molecule has 1 aromatic carbocycles. The van der Waals surface area contributed by atoms with E-state index in [0.717, 1.165) is 57.0 Å². The molecule has 5 rings (SSSR count). The maximum atomic E-state index is 13.2. The minimum atomic E-state index is 0.0823. The summed E-state index contributed by atoms with van der Waals surface area (Å²) in [4.78, 5) is 25.4. The van der Waals surface area contributed by atoms with E-state index in [0.29, 0.717) is 13.1 Å². The first-order valence-electron chi connectivity index (χ1n) is 11.2. The van der Waals surface area contributed by atoms with Crippen molar-refractivity contribution in [3.8, 4) is 0 Å². The van der Waals surface area contributed by atoms with Crippen LogP contribution < -0.4 is 5.32 Å². The first-order valence-corrected chi connectivity index (χ1v) is 13.2. The van der Waals surface area contributed by atoms with Crippen LogP contribution in [0.25, 0.3) is 5.65 Å². The number of nitrogens with zero attached hydrogens (tertiary/aromatic N) is 5. The molecular weight excluding hydrogens is 512 g/mol. The van der Waals surface area contributed by atoms with Gasteiger partial charge >= 0.3 is 0 Å². The topological polar surface area (TPSA) is 75.4 Å². The standard InChI is InChI=1S/C25H25BrN6OS/c1-34-20-8-6-18(7-9-20)25(33)31-11-3-5-19(16-31)22-12-23(28-14-17-4-2-10-27-13-17)32-24(30-22)21(26)15-29-32/h2,4,6-10,12-13,15,19,28H,3,5,11,14,16H2,1H3. The largest absolute Gasteiger partial charge is 0.366 e. The van der Waals surface area contributed by atoms with Gasteiger partial charge in [-0.25, -0.2) is 4.98 Å². The fourth-order valence-electron chi connectivity index (χ4n) is 4.30. The Labute approximate surface area is 211 Å². The molecule has 1 N–H and O–H groups in total. The molecule has 3 aromatic heterocycles. The third-order valence-electron chi connectivity index (χ3n) is 6.11. The predicted octanol–water partition coefficient (Wildman–Crippen LogP) is 5.24. The minimum Gasteiger partial charge on any atom is -0.366 e. The van der Waals surface area contributed by atoms with E-state index in [1.807, 2.05) is 58.3 Å². The molecule has 0 radical (unpaired) electrons. The Hall–Kier alpha value is -2.91. The number of nitrogens with one attached hydrogen (secondary N) is 1. The van der Waals surface area contributed by atoms with Crippen molar-refractivity contribution in [1.29, 1.82) is 0 Å². The summed E-state index contributed by atoms with van der Waals surface area (Å²) in [5.74, 6) is 1.11. The second-order valence-corrected chi connectivity index (χ2v) is 10.1. The van der Waals surface area contributed by atoms with Crippen molar-refractivity contribution >= 4 is 45.1 Å². The van der Waals surface area contributed by atoms with Gasteiger partial charge in [-0.15, -0.1) is 11.8 Å². The lowest BCUT2D eigenvalue weighted by Gasteiger charge is -2.33. The quantitative estimate of drug-likeness (QED) is 0.339. The molecule has 34 heavy (non-hydrogen) atoms. The maximum Gasteiger partial charge on any atom is 0.253 e. The van der Waals surface area contributed by atoms with E-state index in [9.17, 15) is 4.79 Å². The van der Waals surface area contributed by atoms with E-state index >= 15 is 0 Å². The van der Waals surface area contributed by atoms with Crippen LogP contribution in [-0.4, -0.2) is 49.7 Å².